The van der Waals surface area contributed by atoms with E-state index < -0.39 is 4.92 Å². The Bertz CT molecular complexity index is 621. The molecule has 2 aromatic rings. The van der Waals surface area contributed by atoms with Gasteiger partial charge in [0.05, 0.1) is 4.92 Å². The lowest BCUT2D eigenvalue weighted by Gasteiger charge is -2.09. The van der Waals surface area contributed by atoms with Gasteiger partial charge in [0.1, 0.15) is 5.02 Å². The second-order valence-electron chi connectivity index (χ2n) is 4.00. The molecular formula is C13H11Cl2N3O2. The Kier molecular flexibility index (Phi) is 4.79. The number of para-hydroxylation sites is 1. The van der Waals surface area contributed by atoms with Crippen molar-refractivity contribution in [3.63, 3.8) is 0 Å². The van der Waals surface area contributed by atoms with Gasteiger partial charge in [-0.25, -0.2) is 5.43 Å². The normalized spacial score (nSPS) is 10.3. The first kappa shape index (κ1) is 14.6. The summed E-state index contributed by atoms with van der Waals surface area (Å²) in [6.45, 7) is 0.214. The van der Waals surface area contributed by atoms with Crippen molar-refractivity contribution in [2.45, 2.75) is 6.54 Å². The summed E-state index contributed by atoms with van der Waals surface area (Å²) in [4.78, 5) is 10.5. The molecule has 0 amide bonds. The lowest BCUT2D eigenvalue weighted by atomic mass is 10.2. The minimum absolute atomic E-state index is 0.0269. The first-order chi connectivity index (χ1) is 9.58. The molecule has 2 rings (SSSR count). The molecule has 0 aliphatic rings. The minimum Gasteiger partial charge on any atom is -0.321 e. The van der Waals surface area contributed by atoms with Gasteiger partial charge in [0.25, 0.3) is 5.69 Å². The second-order valence-corrected chi connectivity index (χ2v) is 4.84. The van der Waals surface area contributed by atoms with Crippen LogP contribution in [0.5, 0.6) is 0 Å². The van der Waals surface area contributed by atoms with Gasteiger partial charge in [0, 0.05) is 22.8 Å². The molecule has 0 heterocycles. The molecule has 0 aliphatic heterocycles. The molecule has 0 bridgehead atoms. The van der Waals surface area contributed by atoms with Gasteiger partial charge in [0.2, 0.25) is 0 Å². The predicted molar refractivity (Wildman–Crippen MR) is 80.0 cm³/mol. The fourth-order valence-corrected chi connectivity index (χ4v) is 2.33. The van der Waals surface area contributed by atoms with Crippen LogP contribution in [-0.2, 0) is 6.54 Å². The first-order valence-electron chi connectivity index (χ1n) is 5.74. The molecule has 0 radical (unpaired) electrons. The molecule has 20 heavy (non-hydrogen) atoms. The Morgan fingerprint density at radius 2 is 1.85 bits per heavy atom. The third-order valence-electron chi connectivity index (χ3n) is 2.58. The standard InChI is InChI=1S/C13H11Cl2N3O2/c14-10-6-9(13(18(19)20)12(15)7-10)8-16-17-11-4-2-1-3-5-11/h1-7,16-17H,8H2. The third-order valence-corrected chi connectivity index (χ3v) is 3.08. The van der Waals surface area contributed by atoms with Crippen LogP contribution in [0.2, 0.25) is 10.0 Å². The summed E-state index contributed by atoms with van der Waals surface area (Å²) in [6, 6.07) is 12.3. The number of nitro benzene ring substituents is 1. The molecule has 2 aromatic carbocycles. The van der Waals surface area contributed by atoms with Crippen LogP contribution in [0.4, 0.5) is 11.4 Å². The van der Waals surface area contributed by atoms with E-state index in [0.717, 1.165) is 5.69 Å². The van der Waals surface area contributed by atoms with Crippen LogP contribution in [0.3, 0.4) is 0 Å². The van der Waals surface area contributed by atoms with Gasteiger partial charge in [0.15, 0.2) is 0 Å². The molecule has 0 saturated carbocycles. The van der Waals surface area contributed by atoms with Gasteiger partial charge in [-0.05, 0) is 24.3 Å². The van der Waals surface area contributed by atoms with Crippen molar-refractivity contribution in [3.8, 4) is 0 Å². The lowest BCUT2D eigenvalue weighted by Crippen LogP contribution is -2.21. The zero-order chi connectivity index (χ0) is 14.5. The van der Waals surface area contributed by atoms with Crippen molar-refractivity contribution in [1.29, 1.82) is 0 Å². The second kappa shape index (κ2) is 6.56. The number of nitrogens with zero attached hydrogens (tertiary/aromatic N) is 1. The molecule has 0 atom stereocenters. The molecule has 0 unspecified atom stereocenters. The summed E-state index contributed by atoms with van der Waals surface area (Å²) in [5.41, 5.74) is 6.96. The zero-order valence-electron chi connectivity index (χ0n) is 10.3. The Balaban J connectivity index is 2.11. The summed E-state index contributed by atoms with van der Waals surface area (Å²) < 4.78 is 0. The van der Waals surface area contributed by atoms with Crippen molar-refractivity contribution < 1.29 is 4.92 Å². The number of hydrazine groups is 1. The maximum atomic E-state index is 11.0. The van der Waals surface area contributed by atoms with Gasteiger partial charge in [-0.1, -0.05) is 41.4 Å². The average Bonchev–Trinajstić information content (AvgIpc) is 2.38. The third kappa shape index (κ3) is 3.60. The summed E-state index contributed by atoms with van der Waals surface area (Å²) >= 11 is 11.7. The van der Waals surface area contributed by atoms with Crippen molar-refractivity contribution in [1.82, 2.24) is 5.43 Å². The van der Waals surface area contributed by atoms with Crippen LogP contribution in [-0.4, -0.2) is 4.92 Å². The highest BCUT2D eigenvalue weighted by atomic mass is 35.5. The van der Waals surface area contributed by atoms with Crippen molar-refractivity contribution in [3.05, 3.63) is 68.2 Å². The van der Waals surface area contributed by atoms with Crippen molar-refractivity contribution in [2.75, 3.05) is 5.43 Å². The molecule has 5 nitrogen and oxygen atoms in total. The number of hydrogen-bond donors (Lipinski definition) is 2. The summed E-state index contributed by atoms with van der Waals surface area (Å²) in [5.74, 6) is 0. The number of anilines is 1. The Labute approximate surface area is 125 Å². The largest absolute Gasteiger partial charge is 0.321 e. The molecule has 104 valence electrons. The zero-order valence-corrected chi connectivity index (χ0v) is 11.8. The van der Waals surface area contributed by atoms with Crippen LogP contribution in [0, 0.1) is 10.1 Å². The molecule has 0 aromatic heterocycles. The van der Waals surface area contributed by atoms with E-state index in [2.05, 4.69) is 10.9 Å². The van der Waals surface area contributed by atoms with E-state index >= 15 is 0 Å². The topological polar surface area (TPSA) is 67.2 Å². The maximum Gasteiger partial charge on any atom is 0.292 e. The Morgan fingerprint density at radius 1 is 1.15 bits per heavy atom. The van der Waals surface area contributed by atoms with Gasteiger partial charge in [-0.2, -0.15) is 0 Å². The molecule has 0 aliphatic carbocycles. The van der Waals surface area contributed by atoms with E-state index in [1.165, 1.54) is 12.1 Å². The average molecular weight is 312 g/mol. The summed E-state index contributed by atoms with van der Waals surface area (Å²) in [6.07, 6.45) is 0. The highest BCUT2D eigenvalue weighted by Gasteiger charge is 2.19. The summed E-state index contributed by atoms with van der Waals surface area (Å²) in [5, 5.41) is 11.4. The van der Waals surface area contributed by atoms with E-state index in [-0.39, 0.29) is 17.3 Å². The van der Waals surface area contributed by atoms with E-state index in [9.17, 15) is 10.1 Å². The number of halogens is 2. The fourth-order valence-electron chi connectivity index (χ4n) is 1.72. The Hall–Kier alpha value is -1.82. The summed E-state index contributed by atoms with van der Waals surface area (Å²) in [7, 11) is 0. The molecule has 0 fully saturated rings. The van der Waals surface area contributed by atoms with Gasteiger partial charge in [-0.3, -0.25) is 10.1 Å². The van der Waals surface area contributed by atoms with Crippen LogP contribution in [0.1, 0.15) is 5.56 Å². The minimum atomic E-state index is -0.516. The fraction of sp³-hybridized carbons (Fsp3) is 0.0769. The number of benzene rings is 2. The van der Waals surface area contributed by atoms with Crippen LogP contribution in [0.15, 0.2) is 42.5 Å². The number of nitro groups is 1. The van der Waals surface area contributed by atoms with Crippen molar-refractivity contribution >= 4 is 34.6 Å². The number of nitrogens with one attached hydrogen (secondary N) is 2. The van der Waals surface area contributed by atoms with Crippen LogP contribution < -0.4 is 10.9 Å². The smallest absolute Gasteiger partial charge is 0.292 e. The van der Waals surface area contributed by atoms with Crippen LogP contribution in [0.25, 0.3) is 0 Å². The lowest BCUT2D eigenvalue weighted by molar-refractivity contribution is -0.385. The van der Waals surface area contributed by atoms with Gasteiger partial charge >= 0.3 is 0 Å². The highest BCUT2D eigenvalue weighted by Crippen LogP contribution is 2.31. The van der Waals surface area contributed by atoms with E-state index in [4.69, 9.17) is 23.2 Å². The van der Waals surface area contributed by atoms with E-state index in [0.29, 0.717) is 10.6 Å². The van der Waals surface area contributed by atoms with Gasteiger partial charge < -0.3 is 5.43 Å². The SMILES string of the molecule is O=[N+]([O-])c1c(Cl)cc(Cl)cc1CNNc1ccccc1. The number of hydrogen-bond acceptors (Lipinski definition) is 4. The highest BCUT2D eigenvalue weighted by molar-refractivity contribution is 6.36. The van der Waals surface area contributed by atoms with Crippen molar-refractivity contribution in [2.24, 2.45) is 0 Å². The molecule has 7 heteroatoms. The molecule has 0 saturated heterocycles. The molecule has 2 N–H and O–H groups in total. The quantitative estimate of drug-likeness (QED) is 0.646. The maximum absolute atomic E-state index is 11.0. The molecular weight excluding hydrogens is 301 g/mol. The molecule has 0 spiro atoms. The van der Waals surface area contributed by atoms with Gasteiger partial charge in [-0.15, -0.1) is 0 Å². The van der Waals surface area contributed by atoms with E-state index in [1.54, 1.807) is 0 Å². The van der Waals surface area contributed by atoms with E-state index in [1.807, 2.05) is 30.3 Å². The Morgan fingerprint density at radius 3 is 2.50 bits per heavy atom. The first-order valence-corrected chi connectivity index (χ1v) is 6.50. The number of rotatable bonds is 5. The predicted octanol–water partition coefficient (Wildman–Crippen LogP) is 4.02. The van der Waals surface area contributed by atoms with Crippen LogP contribution >= 0.6 is 23.2 Å². The monoisotopic (exact) mass is 311 g/mol.